The molecule has 0 amide bonds. The summed E-state index contributed by atoms with van der Waals surface area (Å²) in [5, 5.41) is 4.34. The van der Waals surface area contributed by atoms with Gasteiger partial charge in [-0.1, -0.05) is 0 Å². The second-order valence-electron chi connectivity index (χ2n) is 4.32. The highest BCUT2D eigenvalue weighted by Gasteiger charge is 2.10. The number of hydrogen-bond acceptors (Lipinski definition) is 4. The Morgan fingerprint density at radius 2 is 1.83 bits per heavy atom. The first-order chi connectivity index (χ1) is 8.65. The smallest absolute Gasteiger partial charge is 0.110 e. The summed E-state index contributed by atoms with van der Waals surface area (Å²) in [6.07, 6.45) is 5.35. The maximum absolute atomic E-state index is 4.59. The zero-order valence-corrected chi connectivity index (χ0v) is 10.5. The Morgan fingerprint density at radius 1 is 1.06 bits per heavy atom. The van der Waals surface area contributed by atoms with Gasteiger partial charge >= 0.3 is 0 Å². The van der Waals surface area contributed by atoms with Crippen molar-refractivity contribution < 1.29 is 0 Å². The van der Waals surface area contributed by atoms with Gasteiger partial charge in [0.15, 0.2) is 0 Å². The molecular formula is C13H13N5. The standard InChI is InChI=1S/C13H13N5/c1-8-10(7-18(3)17-8)11-6-12-13(9(2)16-11)15-5-4-14-12/h4-7H,1-3H3. The summed E-state index contributed by atoms with van der Waals surface area (Å²) in [5.41, 5.74) is 5.50. The van der Waals surface area contributed by atoms with Crippen LogP contribution in [-0.4, -0.2) is 24.7 Å². The normalized spacial score (nSPS) is 11.1. The van der Waals surface area contributed by atoms with Gasteiger partial charge in [0.05, 0.1) is 22.6 Å². The molecule has 3 aromatic rings. The molecule has 0 radical (unpaired) electrons. The molecule has 90 valence electrons. The third kappa shape index (κ3) is 1.64. The molecule has 5 nitrogen and oxygen atoms in total. The molecule has 0 aliphatic heterocycles. The molecule has 0 saturated heterocycles. The minimum Gasteiger partial charge on any atom is -0.275 e. The summed E-state index contributed by atoms with van der Waals surface area (Å²) in [7, 11) is 1.91. The molecule has 0 aromatic carbocycles. The molecule has 0 bridgehead atoms. The van der Waals surface area contributed by atoms with E-state index in [0.717, 1.165) is 33.7 Å². The Kier molecular flexibility index (Phi) is 2.33. The molecule has 0 aliphatic carbocycles. The van der Waals surface area contributed by atoms with Crippen LogP contribution < -0.4 is 0 Å². The average Bonchev–Trinajstić information content (AvgIpc) is 2.68. The van der Waals surface area contributed by atoms with E-state index in [-0.39, 0.29) is 0 Å². The second-order valence-corrected chi connectivity index (χ2v) is 4.32. The van der Waals surface area contributed by atoms with Crippen molar-refractivity contribution in [1.29, 1.82) is 0 Å². The zero-order chi connectivity index (χ0) is 12.7. The first kappa shape index (κ1) is 10.8. The maximum Gasteiger partial charge on any atom is 0.110 e. The maximum atomic E-state index is 4.59. The first-order valence-corrected chi connectivity index (χ1v) is 5.74. The van der Waals surface area contributed by atoms with Gasteiger partial charge in [0.1, 0.15) is 5.52 Å². The Balaban J connectivity index is 2.27. The van der Waals surface area contributed by atoms with E-state index < -0.39 is 0 Å². The first-order valence-electron chi connectivity index (χ1n) is 5.74. The molecule has 0 unspecified atom stereocenters. The highest BCUT2D eigenvalue weighted by atomic mass is 15.2. The number of nitrogens with zero attached hydrogens (tertiary/aromatic N) is 5. The molecule has 5 heteroatoms. The van der Waals surface area contributed by atoms with Gasteiger partial charge in [-0.15, -0.1) is 0 Å². The molecule has 0 atom stereocenters. The number of fused-ring (bicyclic) bond motifs is 1. The predicted molar refractivity (Wildman–Crippen MR) is 69.0 cm³/mol. The Labute approximate surface area is 105 Å². The van der Waals surface area contributed by atoms with Crippen LogP contribution in [0, 0.1) is 13.8 Å². The van der Waals surface area contributed by atoms with Gasteiger partial charge < -0.3 is 0 Å². The monoisotopic (exact) mass is 239 g/mol. The average molecular weight is 239 g/mol. The van der Waals surface area contributed by atoms with Crippen LogP contribution in [0.3, 0.4) is 0 Å². The van der Waals surface area contributed by atoms with Crippen molar-refractivity contribution in [2.24, 2.45) is 7.05 Å². The number of hydrogen-bond donors (Lipinski definition) is 0. The van der Waals surface area contributed by atoms with E-state index in [0.29, 0.717) is 0 Å². The van der Waals surface area contributed by atoms with Crippen molar-refractivity contribution in [3.63, 3.8) is 0 Å². The number of aryl methyl sites for hydroxylation is 3. The van der Waals surface area contributed by atoms with Gasteiger partial charge in [-0.25, -0.2) is 0 Å². The Bertz CT molecular complexity index is 729. The summed E-state index contributed by atoms with van der Waals surface area (Å²) >= 11 is 0. The molecular weight excluding hydrogens is 226 g/mol. The summed E-state index contributed by atoms with van der Waals surface area (Å²) in [5.74, 6) is 0. The fraction of sp³-hybridized carbons (Fsp3) is 0.231. The predicted octanol–water partition coefficient (Wildman–Crippen LogP) is 2.04. The quantitative estimate of drug-likeness (QED) is 0.652. The van der Waals surface area contributed by atoms with E-state index >= 15 is 0 Å². The van der Waals surface area contributed by atoms with E-state index in [2.05, 4.69) is 20.1 Å². The van der Waals surface area contributed by atoms with Crippen molar-refractivity contribution in [1.82, 2.24) is 24.7 Å². The summed E-state index contributed by atoms with van der Waals surface area (Å²) < 4.78 is 1.79. The minimum absolute atomic E-state index is 0.850. The fourth-order valence-corrected chi connectivity index (χ4v) is 2.12. The highest BCUT2D eigenvalue weighted by Crippen LogP contribution is 2.24. The third-order valence-corrected chi connectivity index (χ3v) is 2.92. The molecule has 3 aromatic heterocycles. The van der Waals surface area contributed by atoms with Gasteiger partial charge in [0.25, 0.3) is 0 Å². The van der Waals surface area contributed by atoms with Crippen LogP contribution in [0.2, 0.25) is 0 Å². The van der Waals surface area contributed by atoms with Crippen LogP contribution in [0.25, 0.3) is 22.3 Å². The van der Waals surface area contributed by atoms with Crippen LogP contribution in [0.4, 0.5) is 0 Å². The van der Waals surface area contributed by atoms with E-state index in [1.54, 1.807) is 17.1 Å². The number of rotatable bonds is 1. The lowest BCUT2D eigenvalue weighted by Crippen LogP contribution is -1.93. The molecule has 3 rings (SSSR count). The number of aromatic nitrogens is 5. The topological polar surface area (TPSA) is 56.5 Å². The summed E-state index contributed by atoms with van der Waals surface area (Å²) in [6.45, 7) is 3.93. The number of pyridine rings is 1. The molecule has 3 heterocycles. The fourth-order valence-electron chi connectivity index (χ4n) is 2.12. The molecule has 0 aliphatic rings. The molecule has 0 spiro atoms. The van der Waals surface area contributed by atoms with Crippen LogP contribution in [0.5, 0.6) is 0 Å². The Morgan fingerprint density at radius 3 is 2.56 bits per heavy atom. The van der Waals surface area contributed by atoms with Crippen LogP contribution in [0.1, 0.15) is 11.4 Å². The lowest BCUT2D eigenvalue weighted by atomic mass is 10.1. The van der Waals surface area contributed by atoms with E-state index in [9.17, 15) is 0 Å². The van der Waals surface area contributed by atoms with Crippen molar-refractivity contribution in [3.8, 4) is 11.3 Å². The third-order valence-electron chi connectivity index (χ3n) is 2.92. The van der Waals surface area contributed by atoms with Gasteiger partial charge in [0, 0.05) is 31.2 Å². The van der Waals surface area contributed by atoms with Crippen molar-refractivity contribution in [2.75, 3.05) is 0 Å². The van der Waals surface area contributed by atoms with Gasteiger partial charge in [-0.2, -0.15) is 5.10 Å². The molecule has 0 saturated carbocycles. The van der Waals surface area contributed by atoms with Crippen LogP contribution in [0.15, 0.2) is 24.7 Å². The summed E-state index contributed by atoms with van der Waals surface area (Å²) in [6, 6.07) is 1.96. The van der Waals surface area contributed by atoms with Crippen molar-refractivity contribution in [2.45, 2.75) is 13.8 Å². The van der Waals surface area contributed by atoms with E-state index in [4.69, 9.17) is 0 Å². The lowest BCUT2D eigenvalue weighted by molar-refractivity contribution is 0.756. The van der Waals surface area contributed by atoms with E-state index in [1.165, 1.54) is 0 Å². The van der Waals surface area contributed by atoms with Crippen LogP contribution in [-0.2, 0) is 7.05 Å². The molecule has 0 N–H and O–H groups in total. The van der Waals surface area contributed by atoms with Gasteiger partial charge in [-0.05, 0) is 19.9 Å². The second kappa shape index (κ2) is 3.87. The minimum atomic E-state index is 0.850. The molecule has 0 fully saturated rings. The van der Waals surface area contributed by atoms with Gasteiger partial charge in [-0.3, -0.25) is 19.6 Å². The summed E-state index contributed by atoms with van der Waals surface area (Å²) in [4.78, 5) is 13.2. The zero-order valence-electron chi connectivity index (χ0n) is 10.5. The van der Waals surface area contributed by atoms with E-state index in [1.807, 2.05) is 33.2 Å². The van der Waals surface area contributed by atoms with Crippen molar-refractivity contribution in [3.05, 3.63) is 36.0 Å². The SMILES string of the molecule is Cc1nn(C)cc1-c1cc2nccnc2c(C)n1. The molecule has 18 heavy (non-hydrogen) atoms. The lowest BCUT2D eigenvalue weighted by Gasteiger charge is -2.03. The Hall–Kier alpha value is -2.30. The largest absolute Gasteiger partial charge is 0.275 e. The highest BCUT2D eigenvalue weighted by molar-refractivity contribution is 5.81. The van der Waals surface area contributed by atoms with Crippen LogP contribution >= 0.6 is 0 Å². The van der Waals surface area contributed by atoms with Gasteiger partial charge in [0.2, 0.25) is 0 Å². The van der Waals surface area contributed by atoms with Crippen molar-refractivity contribution >= 4 is 11.0 Å².